The van der Waals surface area contributed by atoms with E-state index in [1.54, 1.807) is 0 Å². The van der Waals surface area contributed by atoms with Gasteiger partial charge in [-0.15, -0.1) is 0 Å². The molecule has 3 rings (SSSR count). The lowest BCUT2D eigenvalue weighted by Crippen LogP contribution is -2.46. The van der Waals surface area contributed by atoms with Gasteiger partial charge >= 0.3 is 0 Å². The van der Waals surface area contributed by atoms with Crippen molar-refractivity contribution in [2.75, 3.05) is 26.3 Å². The topological polar surface area (TPSA) is 33.3 Å². The molecule has 110 valence electrons. The normalized spacial score (nSPS) is 25.1. The highest BCUT2D eigenvalue weighted by atomic mass is 16.5. The molecule has 1 fully saturated rings. The van der Waals surface area contributed by atoms with Crippen LogP contribution in [-0.2, 0) is 17.7 Å². The van der Waals surface area contributed by atoms with Crippen molar-refractivity contribution in [1.82, 2.24) is 10.6 Å². The first-order valence-corrected chi connectivity index (χ1v) is 7.84. The Morgan fingerprint density at radius 3 is 2.80 bits per heavy atom. The van der Waals surface area contributed by atoms with Crippen LogP contribution in [0, 0.1) is 5.41 Å². The fourth-order valence-electron chi connectivity index (χ4n) is 3.25. The van der Waals surface area contributed by atoms with Crippen LogP contribution in [0.1, 0.15) is 30.9 Å². The number of nitrogens with one attached hydrogen (secondary N) is 2. The molecule has 1 atom stereocenters. The van der Waals surface area contributed by atoms with Gasteiger partial charge in [0.2, 0.25) is 0 Å². The first-order chi connectivity index (χ1) is 9.75. The van der Waals surface area contributed by atoms with Gasteiger partial charge < -0.3 is 15.4 Å². The molecule has 2 aliphatic heterocycles. The second-order valence-electron chi connectivity index (χ2n) is 6.60. The van der Waals surface area contributed by atoms with E-state index in [9.17, 15) is 0 Å². The van der Waals surface area contributed by atoms with Crippen molar-refractivity contribution in [2.24, 2.45) is 5.41 Å². The summed E-state index contributed by atoms with van der Waals surface area (Å²) in [4.78, 5) is 0. The number of benzene rings is 1. The van der Waals surface area contributed by atoms with E-state index in [1.807, 2.05) is 0 Å². The Bertz CT molecular complexity index is 440. The van der Waals surface area contributed by atoms with E-state index in [4.69, 9.17) is 4.74 Å². The lowest BCUT2D eigenvalue weighted by molar-refractivity contribution is 0.0239. The third-order valence-corrected chi connectivity index (χ3v) is 4.81. The summed E-state index contributed by atoms with van der Waals surface area (Å²) in [6.07, 6.45) is 3.50. The predicted molar refractivity (Wildman–Crippen MR) is 81.8 cm³/mol. The number of rotatable bonds is 4. The minimum Gasteiger partial charge on any atom is -0.381 e. The van der Waals surface area contributed by atoms with E-state index in [0.29, 0.717) is 11.5 Å². The van der Waals surface area contributed by atoms with E-state index in [2.05, 4.69) is 41.8 Å². The van der Waals surface area contributed by atoms with E-state index >= 15 is 0 Å². The van der Waals surface area contributed by atoms with Gasteiger partial charge in [0, 0.05) is 38.9 Å². The highest BCUT2D eigenvalue weighted by Crippen LogP contribution is 2.28. The number of ether oxygens (including phenoxy) is 1. The summed E-state index contributed by atoms with van der Waals surface area (Å²) in [5.41, 5.74) is 3.39. The van der Waals surface area contributed by atoms with Gasteiger partial charge in [-0.2, -0.15) is 0 Å². The molecule has 1 saturated heterocycles. The highest BCUT2D eigenvalue weighted by Gasteiger charge is 2.27. The fourth-order valence-corrected chi connectivity index (χ4v) is 3.25. The van der Waals surface area contributed by atoms with Crippen molar-refractivity contribution in [2.45, 2.75) is 38.8 Å². The molecule has 20 heavy (non-hydrogen) atoms. The summed E-state index contributed by atoms with van der Waals surface area (Å²) in [5.74, 6) is 0. The van der Waals surface area contributed by atoms with Crippen molar-refractivity contribution < 1.29 is 4.74 Å². The van der Waals surface area contributed by atoms with Crippen molar-refractivity contribution in [3.63, 3.8) is 0 Å². The van der Waals surface area contributed by atoms with Crippen LogP contribution in [0.15, 0.2) is 24.3 Å². The van der Waals surface area contributed by atoms with Gasteiger partial charge in [-0.25, -0.2) is 0 Å². The van der Waals surface area contributed by atoms with Crippen LogP contribution in [0.5, 0.6) is 0 Å². The minimum absolute atomic E-state index is 0.421. The van der Waals surface area contributed by atoms with E-state index in [1.165, 1.54) is 24.0 Å². The molecule has 0 aromatic heterocycles. The summed E-state index contributed by atoms with van der Waals surface area (Å²) < 4.78 is 5.46. The van der Waals surface area contributed by atoms with Crippen LogP contribution >= 0.6 is 0 Å². The summed E-state index contributed by atoms with van der Waals surface area (Å²) >= 11 is 0. The predicted octanol–water partition coefficient (Wildman–Crippen LogP) is 2.11. The molecule has 0 bridgehead atoms. The monoisotopic (exact) mass is 274 g/mol. The third-order valence-electron chi connectivity index (χ3n) is 4.81. The molecular formula is C17H26N2O. The van der Waals surface area contributed by atoms with Crippen molar-refractivity contribution in [1.29, 1.82) is 0 Å². The zero-order chi connectivity index (χ0) is 13.8. The average molecular weight is 274 g/mol. The molecule has 0 saturated carbocycles. The largest absolute Gasteiger partial charge is 0.381 e. The highest BCUT2D eigenvalue weighted by molar-refractivity contribution is 5.29. The summed E-state index contributed by atoms with van der Waals surface area (Å²) in [7, 11) is 0. The third kappa shape index (κ3) is 3.40. The summed E-state index contributed by atoms with van der Waals surface area (Å²) in [5, 5.41) is 7.32. The van der Waals surface area contributed by atoms with Crippen molar-refractivity contribution >= 4 is 0 Å². The lowest BCUT2D eigenvalue weighted by atomic mass is 9.82. The molecule has 3 heteroatoms. The molecule has 2 aliphatic rings. The van der Waals surface area contributed by atoms with Gasteiger partial charge in [0.25, 0.3) is 0 Å². The molecule has 2 heterocycles. The van der Waals surface area contributed by atoms with Gasteiger partial charge in [-0.05, 0) is 35.8 Å². The van der Waals surface area contributed by atoms with Crippen molar-refractivity contribution in [3.8, 4) is 0 Å². The second-order valence-corrected chi connectivity index (χ2v) is 6.60. The van der Waals surface area contributed by atoms with Crippen molar-refractivity contribution in [3.05, 3.63) is 35.4 Å². The Kier molecular flexibility index (Phi) is 4.39. The average Bonchev–Trinajstić information content (AvgIpc) is 2.48. The Hall–Kier alpha value is -0.900. The van der Waals surface area contributed by atoms with E-state index in [0.717, 1.165) is 39.3 Å². The SMILES string of the molecule is CC1(CNCC2Cc3ccccc3CN2)CCOCC1. The summed E-state index contributed by atoms with van der Waals surface area (Å²) in [6, 6.07) is 9.34. The molecule has 0 spiro atoms. The van der Waals surface area contributed by atoms with Crippen LogP contribution in [-0.4, -0.2) is 32.3 Å². The first kappa shape index (κ1) is 14.1. The second kappa shape index (κ2) is 6.25. The maximum atomic E-state index is 5.46. The molecule has 1 unspecified atom stereocenters. The first-order valence-electron chi connectivity index (χ1n) is 7.84. The number of hydrogen-bond acceptors (Lipinski definition) is 3. The molecule has 0 radical (unpaired) electrons. The van der Waals surface area contributed by atoms with Gasteiger partial charge in [0.1, 0.15) is 0 Å². The quantitative estimate of drug-likeness (QED) is 0.882. The van der Waals surface area contributed by atoms with Crippen LogP contribution in [0.3, 0.4) is 0 Å². The fraction of sp³-hybridized carbons (Fsp3) is 0.647. The maximum absolute atomic E-state index is 5.46. The van der Waals surface area contributed by atoms with Gasteiger partial charge in [-0.1, -0.05) is 31.2 Å². The van der Waals surface area contributed by atoms with Crippen LogP contribution in [0.25, 0.3) is 0 Å². The Morgan fingerprint density at radius 1 is 1.25 bits per heavy atom. The molecule has 3 nitrogen and oxygen atoms in total. The molecule has 1 aromatic rings. The zero-order valence-electron chi connectivity index (χ0n) is 12.5. The Morgan fingerprint density at radius 2 is 2.00 bits per heavy atom. The standard InChI is InChI=1S/C17H26N2O/c1-17(6-8-20-9-7-17)13-18-12-16-10-14-4-2-3-5-15(14)11-19-16/h2-5,16,18-19H,6-13H2,1H3. The number of fused-ring (bicyclic) bond motifs is 1. The van der Waals surface area contributed by atoms with Gasteiger partial charge in [0.15, 0.2) is 0 Å². The molecule has 1 aromatic carbocycles. The Labute approximate surface area is 122 Å². The molecule has 0 amide bonds. The van der Waals surface area contributed by atoms with Crippen LogP contribution in [0.4, 0.5) is 0 Å². The molecule has 0 aliphatic carbocycles. The Balaban J connectivity index is 1.46. The minimum atomic E-state index is 0.421. The smallest absolute Gasteiger partial charge is 0.0471 e. The number of hydrogen-bond donors (Lipinski definition) is 2. The zero-order valence-corrected chi connectivity index (χ0v) is 12.5. The maximum Gasteiger partial charge on any atom is 0.0471 e. The molecular weight excluding hydrogens is 248 g/mol. The summed E-state index contributed by atoms with van der Waals surface area (Å²) in [6.45, 7) is 7.40. The lowest BCUT2D eigenvalue weighted by Gasteiger charge is -2.35. The van der Waals surface area contributed by atoms with Gasteiger partial charge in [0.05, 0.1) is 0 Å². The van der Waals surface area contributed by atoms with Crippen LogP contribution in [0.2, 0.25) is 0 Å². The van der Waals surface area contributed by atoms with Gasteiger partial charge in [-0.3, -0.25) is 0 Å². The van der Waals surface area contributed by atoms with Crippen LogP contribution < -0.4 is 10.6 Å². The van der Waals surface area contributed by atoms with E-state index < -0.39 is 0 Å². The van der Waals surface area contributed by atoms with E-state index in [-0.39, 0.29) is 0 Å². The molecule has 2 N–H and O–H groups in total.